The molecule has 0 spiro atoms. The molecule has 0 saturated heterocycles. The molecule has 2 aromatic rings. The van der Waals surface area contributed by atoms with Crippen LogP contribution < -0.4 is 5.32 Å². The first kappa shape index (κ1) is 14.5. The second-order valence-corrected chi connectivity index (χ2v) is 5.62. The summed E-state index contributed by atoms with van der Waals surface area (Å²) in [5, 5.41) is 5.59. The van der Waals surface area contributed by atoms with E-state index in [-0.39, 0.29) is 0 Å². The van der Waals surface area contributed by atoms with Crippen LogP contribution in [0.1, 0.15) is 36.8 Å². The fourth-order valence-corrected chi connectivity index (χ4v) is 3.01. The molecular weight excluding hydrogens is 258 g/mol. The summed E-state index contributed by atoms with van der Waals surface area (Å²) in [6.07, 6.45) is 2.34. The molecule has 19 heavy (non-hydrogen) atoms. The first-order valence-corrected chi connectivity index (χ1v) is 7.82. The van der Waals surface area contributed by atoms with Crippen molar-refractivity contribution in [2.75, 3.05) is 19.8 Å². The summed E-state index contributed by atoms with van der Waals surface area (Å²) in [6, 6.07) is 0. The topological polar surface area (TPSA) is 38.6 Å². The van der Waals surface area contributed by atoms with Crippen LogP contribution in [0.3, 0.4) is 0 Å². The molecule has 0 atom stereocenters. The van der Waals surface area contributed by atoms with Crippen molar-refractivity contribution in [3.05, 3.63) is 22.5 Å². The average Bonchev–Trinajstić information content (AvgIpc) is 2.89. The SMILES string of the molecule is CCCCOCCNCc1c(C)nc2scc(C)n12. The van der Waals surface area contributed by atoms with Gasteiger partial charge in [0.1, 0.15) is 0 Å². The monoisotopic (exact) mass is 281 g/mol. The minimum Gasteiger partial charge on any atom is -0.380 e. The number of unbranched alkanes of at least 4 members (excludes halogenated alkanes) is 1. The lowest BCUT2D eigenvalue weighted by Gasteiger charge is -2.07. The molecule has 0 amide bonds. The number of aromatic nitrogens is 2. The minimum atomic E-state index is 0.781. The van der Waals surface area contributed by atoms with Crippen molar-refractivity contribution in [1.29, 1.82) is 0 Å². The van der Waals surface area contributed by atoms with Crippen LogP contribution in [0.5, 0.6) is 0 Å². The molecule has 0 aliphatic rings. The van der Waals surface area contributed by atoms with Gasteiger partial charge in [0.15, 0.2) is 4.96 Å². The molecule has 106 valence electrons. The molecule has 0 saturated carbocycles. The van der Waals surface area contributed by atoms with Crippen LogP contribution in [0.15, 0.2) is 5.38 Å². The van der Waals surface area contributed by atoms with Gasteiger partial charge in [-0.05, 0) is 20.3 Å². The van der Waals surface area contributed by atoms with E-state index in [1.165, 1.54) is 17.8 Å². The number of ether oxygens (including phenoxy) is 1. The molecule has 0 aromatic carbocycles. The maximum absolute atomic E-state index is 5.54. The third-order valence-corrected chi connectivity index (χ3v) is 4.13. The number of imidazole rings is 1. The van der Waals surface area contributed by atoms with Gasteiger partial charge in [-0.2, -0.15) is 0 Å². The van der Waals surface area contributed by atoms with Gasteiger partial charge in [-0.25, -0.2) is 4.98 Å². The number of thiazole rings is 1. The first-order valence-electron chi connectivity index (χ1n) is 6.94. The fraction of sp³-hybridized carbons (Fsp3) is 0.643. The highest BCUT2D eigenvalue weighted by molar-refractivity contribution is 7.15. The predicted octanol–water partition coefficient (Wildman–Crippen LogP) is 2.92. The lowest BCUT2D eigenvalue weighted by atomic mass is 10.3. The third-order valence-electron chi connectivity index (χ3n) is 3.19. The van der Waals surface area contributed by atoms with Crippen molar-refractivity contribution in [2.24, 2.45) is 0 Å². The molecule has 1 N–H and O–H groups in total. The van der Waals surface area contributed by atoms with E-state index in [0.29, 0.717) is 0 Å². The Morgan fingerprint density at radius 2 is 2.21 bits per heavy atom. The van der Waals surface area contributed by atoms with Crippen molar-refractivity contribution < 1.29 is 4.74 Å². The van der Waals surface area contributed by atoms with Gasteiger partial charge in [0.05, 0.1) is 18.0 Å². The Balaban J connectivity index is 1.81. The van der Waals surface area contributed by atoms with E-state index in [0.717, 1.165) is 43.4 Å². The Morgan fingerprint density at radius 1 is 1.37 bits per heavy atom. The molecular formula is C14H23N3OS. The van der Waals surface area contributed by atoms with E-state index in [9.17, 15) is 0 Å². The van der Waals surface area contributed by atoms with Crippen LogP contribution in [-0.4, -0.2) is 29.1 Å². The number of hydrogen-bond donors (Lipinski definition) is 1. The van der Waals surface area contributed by atoms with Crippen LogP contribution >= 0.6 is 11.3 Å². The number of fused-ring (bicyclic) bond motifs is 1. The summed E-state index contributed by atoms with van der Waals surface area (Å²) < 4.78 is 7.78. The van der Waals surface area contributed by atoms with E-state index in [2.05, 4.69) is 40.9 Å². The van der Waals surface area contributed by atoms with Crippen LogP contribution in [0.2, 0.25) is 0 Å². The molecule has 2 rings (SSSR count). The van der Waals surface area contributed by atoms with Crippen molar-refractivity contribution in [2.45, 2.75) is 40.2 Å². The Kier molecular flexibility index (Phi) is 5.36. The average molecular weight is 281 g/mol. The summed E-state index contributed by atoms with van der Waals surface area (Å²) in [7, 11) is 0. The normalized spacial score (nSPS) is 11.5. The van der Waals surface area contributed by atoms with Gasteiger partial charge in [-0.1, -0.05) is 13.3 Å². The molecule has 0 radical (unpaired) electrons. The predicted molar refractivity (Wildman–Crippen MR) is 80.0 cm³/mol. The van der Waals surface area contributed by atoms with Crippen molar-refractivity contribution in [3.8, 4) is 0 Å². The zero-order valence-corrected chi connectivity index (χ0v) is 12.8. The van der Waals surface area contributed by atoms with E-state index in [1.54, 1.807) is 11.3 Å². The summed E-state index contributed by atoms with van der Waals surface area (Å²) in [4.78, 5) is 5.67. The third kappa shape index (κ3) is 3.55. The quantitative estimate of drug-likeness (QED) is 0.756. The molecule has 0 aliphatic heterocycles. The second-order valence-electron chi connectivity index (χ2n) is 4.78. The summed E-state index contributed by atoms with van der Waals surface area (Å²) in [6.45, 7) is 9.77. The largest absolute Gasteiger partial charge is 0.380 e. The highest BCUT2D eigenvalue weighted by Crippen LogP contribution is 2.20. The van der Waals surface area contributed by atoms with E-state index >= 15 is 0 Å². The maximum Gasteiger partial charge on any atom is 0.194 e. The Morgan fingerprint density at radius 3 is 3.00 bits per heavy atom. The first-order chi connectivity index (χ1) is 9.24. The number of rotatable bonds is 8. The van der Waals surface area contributed by atoms with Gasteiger partial charge in [0, 0.05) is 30.8 Å². The van der Waals surface area contributed by atoms with Crippen molar-refractivity contribution in [3.63, 3.8) is 0 Å². The molecule has 0 unspecified atom stereocenters. The zero-order chi connectivity index (χ0) is 13.7. The van der Waals surface area contributed by atoms with Gasteiger partial charge in [-0.3, -0.25) is 4.40 Å². The molecule has 0 fully saturated rings. The highest BCUT2D eigenvalue weighted by Gasteiger charge is 2.11. The van der Waals surface area contributed by atoms with Crippen LogP contribution in [0.25, 0.3) is 4.96 Å². The Bertz CT molecular complexity index is 518. The van der Waals surface area contributed by atoms with Gasteiger partial charge in [-0.15, -0.1) is 11.3 Å². The van der Waals surface area contributed by atoms with E-state index in [4.69, 9.17) is 4.74 Å². The number of nitrogens with zero attached hydrogens (tertiary/aromatic N) is 2. The summed E-state index contributed by atoms with van der Waals surface area (Å²) in [5.41, 5.74) is 3.65. The number of nitrogens with one attached hydrogen (secondary N) is 1. The molecule has 0 aliphatic carbocycles. The van der Waals surface area contributed by atoms with Gasteiger partial charge in [0.25, 0.3) is 0 Å². The van der Waals surface area contributed by atoms with Crippen LogP contribution in [-0.2, 0) is 11.3 Å². The summed E-state index contributed by atoms with van der Waals surface area (Å²) in [5.74, 6) is 0. The lowest BCUT2D eigenvalue weighted by molar-refractivity contribution is 0.133. The number of hydrogen-bond acceptors (Lipinski definition) is 4. The van der Waals surface area contributed by atoms with Crippen molar-refractivity contribution >= 4 is 16.3 Å². The molecule has 4 nitrogen and oxygen atoms in total. The minimum absolute atomic E-state index is 0.781. The Labute approximate surface area is 118 Å². The van der Waals surface area contributed by atoms with Crippen LogP contribution in [0, 0.1) is 13.8 Å². The molecule has 2 heterocycles. The van der Waals surface area contributed by atoms with Gasteiger partial charge >= 0.3 is 0 Å². The van der Waals surface area contributed by atoms with Gasteiger partial charge in [0.2, 0.25) is 0 Å². The standard InChI is InChI=1S/C14H23N3OS/c1-4-5-7-18-8-6-15-9-13-12(3)16-14-17(13)11(2)10-19-14/h10,15H,4-9H2,1-3H3. The number of aryl methyl sites for hydroxylation is 2. The van der Waals surface area contributed by atoms with Gasteiger partial charge < -0.3 is 10.1 Å². The smallest absolute Gasteiger partial charge is 0.194 e. The van der Waals surface area contributed by atoms with Crippen LogP contribution in [0.4, 0.5) is 0 Å². The molecule has 2 aromatic heterocycles. The lowest BCUT2D eigenvalue weighted by Crippen LogP contribution is -2.21. The fourth-order valence-electron chi connectivity index (χ4n) is 2.08. The van der Waals surface area contributed by atoms with Crippen molar-refractivity contribution in [1.82, 2.24) is 14.7 Å². The molecule has 5 heteroatoms. The van der Waals surface area contributed by atoms with E-state index in [1.807, 2.05) is 0 Å². The zero-order valence-electron chi connectivity index (χ0n) is 12.0. The van der Waals surface area contributed by atoms with E-state index < -0.39 is 0 Å². The second kappa shape index (κ2) is 7.03. The maximum atomic E-state index is 5.54. The highest BCUT2D eigenvalue weighted by atomic mass is 32.1. The molecule has 0 bridgehead atoms. The summed E-state index contributed by atoms with van der Waals surface area (Å²) >= 11 is 1.70. The Hall–Kier alpha value is -0.910.